The zero-order valence-electron chi connectivity index (χ0n) is 15.9. The van der Waals surface area contributed by atoms with Gasteiger partial charge in [-0.1, -0.05) is 6.07 Å². The lowest BCUT2D eigenvalue weighted by Crippen LogP contribution is -2.42. The molecule has 0 N–H and O–H groups in total. The number of methoxy groups -OCH3 is 2. The molecule has 0 aliphatic carbocycles. The fourth-order valence-corrected chi connectivity index (χ4v) is 5.08. The van der Waals surface area contributed by atoms with Crippen LogP contribution in [0.15, 0.2) is 29.6 Å². The first-order chi connectivity index (χ1) is 13.2. The Morgan fingerprint density at radius 2 is 1.96 bits per heavy atom. The summed E-state index contributed by atoms with van der Waals surface area (Å²) in [6.45, 7) is 2.92. The number of thiophene rings is 1. The smallest absolute Gasteiger partial charge is 0.237 e. The number of nitrogens with zero attached hydrogens (tertiary/aromatic N) is 2. The topological polar surface area (TPSA) is 42.0 Å². The van der Waals surface area contributed by atoms with Crippen molar-refractivity contribution >= 4 is 17.2 Å². The fraction of sp³-hybridized carbons (Fsp3) is 0.476. The second-order valence-corrected chi connectivity index (χ2v) is 8.16. The van der Waals surface area contributed by atoms with Crippen molar-refractivity contribution in [2.45, 2.75) is 31.8 Å². The van der Waals surface area contributed by atoms with E-state index in [-0.39, 0.29) is 5.91 Å². The number of hydrogen-bond acceptors (Lipinski definition) is 5. The van der Waals surface area contributed by atoms with Gasteiger partial charge in [0.05, 0.1) is 20.8 Å². The Balaban J connectivity index is 1.45. The predicted molar refractivity (Wildman–Crippen MR) is 107 cm³/mol. The van der Waals surface area contributed by atoms with Crippen LogP contribution < -0.4 is 9.47 Å². The minimum atomic E-state index is 0.221. The molecule has 2 aliphatic rings. The first-order valence-corrected chi connectivity index (χ1v) is 10.4. The molecule has 0 spiro atoms. The molecule has 1 saturated heterocycles. The third kappa shape index (κ3) is 3.69. The molecule has 2 aromatic rings. The molecule has 5 nitrogen and oxygen atoms in total. The van der Waals surface area contributed by atoms with E-state index in [1.807, 2.05) is 17.0 Å². The summed E-state index contributed by atoms with van der Waals surface area (Å²) >= 11 is 1.79. The maximum absolute atomic E-state index is 13.0. The van der Waals surface area contributed by atoms with Crippen LogP contribution in [0.2, 0.25) is 0 Å². The van der Waals surface area contributed by atoms with Crippen LogP contribution in [0.5, 0.6) is 11.5 Å². The minimum absolute atomic E-state index is 0.221. The molecule has 3 heterocycles. The Morgan fingerprint density at radius 1 is 1.19 bits per heavy atom. The second-order valence-electron chi connectivity index (χ2n) is 7.19. The Kier molecular flexibility index (Phi) is 5.36. The standard InChI is InChI=1S/C21H26N2O3S/c1-25-18-11-15-7-9-23(13-16(15)12-19(18)26-2)21(24)14-22-8-3-5-17(22)20-6-4-10-27-20/h4,6,10-12,17H,3,5,7-9,13-14H2,1-2H3/t17-/m0/s1. The summed E-state index contributed by atoms with van der Waals surface area (Å²) in [4.78, 5) is 18.7. The van der Waals surface area contributed by atoms with Crippen molar-refractivity contribution in [3.63, 3.8) is 0 Å². The number of carbonyl (C=O) groups is 1. The molecule has 2 aliphatic heterocycles. The van der Waals surface area contributed by atoms with Gasteiger partial charge in [0.25, 0.3) is 0 Å². The zero-order valence-corrected chi connectivity index (χ0v) is 16.8. The Morgan fingerprint density at radius 3 is 2.67 bits per heavy atom. The molecule has 1 fully saturated rings. The van der Waals surface area contributed by atoms with E-state index in [0.29, 0.717) is 19.1 Å². The number of ether oxygens (including phenoxy) is 2. The van der Waals surface area contributed by atoms with Gasteiger partial charge in [-0.15, -0.1) is 11.3 Å². The molecule has 1 aromatic carbocycles. The van der Waals surface area contributed by atoms with Gasteiger partial charge in [0.15, 0.2) is 11.5 Å². The molecule has 6 heteroatoms. The highest BCUT2D eigenvalue weighted by Gasteiger charge is 2.30. The SMILES string of the molecule is COc1cc2c(cc1OC)CN(C(=O)CN1CCC[C@H]1c1cccs1)CC2. The summed E-state index contributed by atoms with van der Waals surface area (Å²) in [6.07, 6.45) is 3.17. The minimum Gasteiger partial charge on any atom is -0.493 e. The van der Waals surface area contributed by atoms with E-state index in [0.717, 1.165) is 49.4 Å². The molecule has 4 rings (SSSR count). The van der Waals surface area contributed by atoms with E-state index in [4.69, 9.17) is 9.47 Å². The van der Waals surface area contributed by atoms with Gasteiger partial charge in [-0.2, -0.15) is 0 Å². The lowest BCUT2D eigenvalue weighted by atomic mass is 9.98. The van der Waals surface area contributed by atoms with Gasteiger partial charge in [0, 0.05) is 24.0 Å². The fourth-order valence-electron chi connectivity index (χ4n) is 4.19. The molecule has 0 saturated carbocycles. The van der Waals surface area contributed by atoms with Crippen molar-refractivity contribution in [1.29, 1.82) is 0 Å². The molecule has 0 unspecified atom stereocenters. The van der Waals surface area contributed by atoms with Crippen molar-refractivity contribution < 1.29 is 14.3 Å². The van der Waals surface area contributed by atoms with E-state index in [2.05, 4.69) is 22.4 Å². The molecular weight excluding hydrogens is 360 g/mol. The van der Waals surface area contributed by atoms with Gasteiger partial charge in [-0.05, 0) is 60.5 Å². The average Bonchev–Trinajstić information content (AvgIpc) is 3.37. The zero-order chi connectivity index (χ0) is 18.8. The second kappa shape index (κ2) is 7.90. The molecule has 1 amide bonds. The van der Waals surface area contributed by atoms with Gasteiger partial charge in [-0.3, -0.25) is 9.69 Å². The Bertz CT molecular complexity index is 806. The third-order valence-corrected chi connectivity index (χ3v) is 6.62. The number of benzene rings is 1. The van der Waals surface area contributed by atoms with Crippen molar-refractivity contribution in [2.24, 2.45) is 0 Å². The summed E-state index contributed by atoms with van der Waals surface area (Å²) in [5.74, 6) is 1.70. The van der Waals surface area contributed by atoms with Gasteiger partial charge < -0.3 is 14.4 Å². The van der Waals surface area contributed by atoms with E-state index in [9.17, 15) is 4.79 Å². The van der Waals surface area contributed by atoms with E-state index < -0.39 is 0 Å². The van der Waals surface area contributed by atoms with E-state index in [1.54, 1.807) is 25.6 Å². The van der Waals surface area contributed by atoms with Crippen LogP contribution in [0.25, 0.3) is 0 Å². The monoisotopic (exact) mass is 386 g/mol. The van der Waals surface area contributed by atoms with Crippen LogP contribution in [0.3, 0.4) is 0 Å². The first kappa shape index (κ1) is 18.3. The highest BCUT2D eigenvalue weighted by atomic mass is 32.1. The molecule has 0 radical (unpaired) electrons. The third-order valence-electron chi connectivity index (χ3n) is 5.64. The quantitative estimate of drug-likeness (QED) is 0.789. The Labute approximate surface area is 164 Å². The molecule has 0 bridgehead atoms. The van der Waals surface area contributed by atoms with Crippen LogP contribution >= 0.6 is 11.3 Å². The van der Waals surface area contributed by atoms with Crippen LogP contribution in [0, 0.1) is 0 Å². The summed E-state index contributed by atoms with van der Waals surface area (Å²) in [5, 5.41) is 2.12. The highest BCUT2D eigenvalue weighted by Crippen LogP contribution is 2.35. The first-order valence-electron chi connectivity index (χ1n) is 9.48. The molecule has 27 heavy (non-hydrogen) atoms. The maximum atomic E-state index is 13.0. The summed E-state index contributed by atoms with van der Waals surface area (Å²) in [7, 11) is 3.30. The molecular formula is C21H26N2O3S. The Hall–Kier alpha value is -2.05. The van der Waals surface area contributed by atoms with E-state index >= 15 is 0 Å². The van der Waals surface area contributed by atoms with E-state index in [1.165, 1.54) is 10.4 Å². The van der Waals surface area contributed by atoms with Crippen molar-refractivity contribution in [1.82, 2.24) is 9.80 Å². The van der Waals surface area contributed by atoms with Crippen molar-refractivity contribution in [3.05, 3.63) is 45.6 Å². The van der Waals surface area contributed by atoms with Crippen LogP contribution in [0.4, 0.5) is 0 Å². The van der Waals surface area contributed by atoms with Gasteiger partial charge in [-0.25, -0.2) is 0 Å². The number of likely N-dealkylation sites (tertiary alicyclic amines) is 1. The summed E-state index contributed by atoms with van der Waals surface area (Å²) in [6, 6.07) is 8.74. The van der Waals surface area contributed by atoms with Crippen LogP contribution in [-0.2, 0) is 17.8 Å². The number of amides is 1. The maximum Gasteiger partial charge on any atom is 0.237 e. The van der Waals surface area contributed by atoms with Crippen LogP contribution in [0.1, 0.15) is 34.9 Å². The lowest BCUT2D eigenvalue weighted by molar-refractivity contribution is -0.133. The average molecular weight is 387 g/mol. The number of carbonyl (C=O) groups excluding carboxylic acids is 1. The predicted octanol–water partition coefficient (Wildman–Crippen LogP) is 3.49. The van der Waals surface area contributed by atoms with Crippen molar-refractivity contribution in [3.8, 4) is 11.5 Å². The van der Waals surface area contributed by atoms with Gasteiger partial charge >= 0.3 is 0 Å². The van der Waals surface area contributed by atoms with Gasteiger partial charge in [0.1, 0.15) is 0 Å². The number of fused-ring (bicyclic) bond motifs is 1. The molecule has 1 atom stereocenters. The normalized spacial score (nSPS) is 19.8. The highest BCUT2D eigenvalue weighted by molar-refractivity contribution is 7.10. The summed E-state index contributed by atoms with van der Waals surface area (Å²) < 4.78 is 10.8. The van der Waals surface area contributed by atoms with Crippen molar-refractivity contribution in [2.75, 3.05) is 33.9 Å². The molecule has 144 valence electrons. The lowest BCUT2D eigenvalue weighted by Gasteiger charge is -2.32. The number of hydrogen-bond donors (Lipinski definition) is 0. The largest absolute Gasteiger partial charge is 0.493 e. The molecule has 1 aromatic heterocycles. The summed E-state index contributed by atoms with van der Waals surface area (Å²) in [5.41, 5.74) is 2.40. The van der Waals surface area contributed by atoms with Gasteiger partial charge in [0.2, 0.25) is 5.91 Å². The van der Waals surface area contributed by atoms with Crippen LogP contribution in [-0.4, -0.2) is 49.6 Å². The number of rotatable bonds is 5.